The summed E-state index contributed by atoms with van der Waals surface area (Å²) < 4.78 is 37.6. The second-order valence-corrected chi connectivity index (χ2v) is 7.51. The maximum absolute atomic E-state index is 13.3. The number of ether oxygens (including phenoxy) is 2. The van der Waals surface area contributed by atoms with Gasteiger partial charge in [-0.2, -0.15) is 0 Å². The average molecular weight is 448 g/mol. The monoisotopic (exact) mass is 448 g/mol. The molecule has 1 amide bonds. The van der Waals surface area contributed by atoms with Gasteiger partial charge in [-0.25, -0.2) is 18.7 Å². The summed E-state index contributed by atoms with van der Waals surface area (Å²) in [6.07, 6.45) is -0.638. The molecule has 3 atom stereocenters. The maximum Gasteiger partial charge on any atom is 0.270 e. The Morgan fingerprint density at radius 1 is 1.16 bits per heavy atom. The first-order valence-corrected chi connectivity index (χ1v) is 10.1. The van der Waals surface area contributed by atoms with Gasteiger partial charge in [-0.3, -0.25) is 4.79 Å². The Morgan fingerprint density at radius 3 is 2.72 bits per heavy atom. The van der Waals surface area contributed by atoms with Crippen LogP contribution in [0.3, 0.4) is 0 Å². The van der Waals surface area contributed by atoms with Crippen LogP contribution in [0.5, 0.6) is 0 Å². The molecule has 0 aliphatic carbocycles. The number of halogens is 2. The number of oxime groups is 1. The van der Waals surface area contributed by atoms with E-state index in [0.717, 1.165) is 12.1 Å². The fraction of sp³-hybridized carbons (Fsp3) is 0.429. The van der Waals surface area contributed by atoms with Gasteiger partial charge in [0.05, 0.1) is 25.5 Å². The number of nitrogens with zero attached hydrogens (tertiary/aromatic N) is 3. The number of carbonyl (C=O) groups excluding carboxylic acids is 1. The number of aliphatic hydroxyl groups excluding tert-OH is 1. The molecule has 0 spiro atoms. The molecule has 1 saturated heterocycles. The van der Waals surface area contributed by atoms with E-state index in [1.165, 1.54) is 12.1 Å². The Labute approximate surface area is 182 Å². The van der Waals surface area contributed by atoms with Gasteiger partial charge in [-0.1, -0.05) is 11.2 Å². The van der Waals surface area contributed by atoms with Crippen LogP contribution < -0.4 is 5.32 Å². The van der Waals surface area contributed by atoms with E-state index in [4.69, 9.17) is 19.4 Å². The van der Waals surface area contributed by atoms with Gasteiger partial charge in [0.1, 0.15) is 29.4 Å². The van der Waals surface area contributed by atoms with Gasteiger partial charge in [-0.15, -0.1) is 0 Å². The van der Waals surface area contributed by atoms with Gasteiger partial charge in [0.2, 0.25) is 0 Å². The number of benzene rings is 1. The molecule has 0 bridgehead atoms. The normalized spacial score (nSPS) is 22.9. The summed E-state index contributed by atoms with van der Waals surface area (Å²) in [4.78, 5) is 26.5. The van der Waals surface area contributed by atoms with Gasteiger partial charge in [0, 0.05) is 13.0 Å². The molecule has 0 saturated carbocycles. The number of rotatable bonds is 6. The van der Waals surface area contributed by atoms with Gasteiger partial charge in [0.25, 0.3) is 5.91 Å². The van der Waals surface area contributed by atoms with E-state index in [-0.39, 0.29) is 50.4 Å². The van der Waals surface area contributed by atoms with Crippen molar-refractivity contribution in [2.24, 2.45) is 5.16 Å². The van der Waals surface area contributed by atoms with Crippen molar-refractivity contribution in [3.63, 3.8) is 0 Å². The summed E-state index contributed by atoms with van der Waals surface area (Å²) in [5, 5.41) is 15.8. The van der Waals surface area contributed by atoms with Crippen LogP contribution in [0.2, 0.25) is 0 Å². The Bertz CT molecular complexity index is 1030. The average Bonchev–Trinajstić information content (AvgIpc) is 3.30. The number of hydrogen-bond acceptors (Lipinski definition) is 8. The van der Waals surface area contributed by atoms with Crippen LogP contribution in [-0.2, 0) is 20.9 Å². The van der Waals surface area contributed by atoms with E-state index < -0.39 is 17.5 Å². The molecule has 2 N–H and O–H groups in total. The largest absolute Gasteiger partial charge is 0.394 e. The van der Waals surface area contributed by atoms with Crippen molar-refractivity contribution in [1.29, 1.82) is 0 Å². The van der Waals surface area contributed by atoms with E-state index in [1.54, 1.807) is 6.92 Å². The zero-order valence-corrected chi connectivity index (χ0v) is 17.3. The summed E-state index contributed by atoms with van der Waals surface area (Å²) in [7, 11) is 0. The molecule has 1 fully saturated rings. The summed E-state index contributed by atoms with van der Waals surface area (Å²) in [6, 6.07) is 4.92. The van der Waals surface area contributed by atoms with Crippen LogP contribution in [0.4, 0.5) is 8.78 Å². The zero-order valence-electron chi connectivity index (χ0n) is 17.3. The van der Waals surface area contributed by atoms with Crippen molar-refractivity contribution in [3.05, 3.63) is 58.7 Å². The van der Waals surface area contributed by atoms with Crippen molar-refractivity contribution >= 4 is 11.6 Å². The molecule has 4 rings (SSSR count). The van der Waals surface area contributed by atoms with Crippen molar-refractivity contribution in [2.75, 3.05) is 19.8 Å². The summed E-state index contributed by atoms with van der Waals surface area (Å²) >= 11 is 0. The van der Waals surface area contributed by atoms with Crippen LogP contribution >= 0.6 is 0 Å². The topological polar surface area (TPSA) is 115 Å². The lowest BCUT2D eigenvalue weighted by molar-refractivity contribution is -0.178. The summed E-state index contributed by atoms with van der Waals surface area (Å²) in [6.45, 7) is 2.09. The number of amides is 1. The highest BCUT2D eigenvalue weighted by Crippen LogP contribution is 2.23. The van der Waals surface area contributed by atoms with E-state index in [9.17, 15) is 13.6 Å². The minimum atomic E-state index is -0.982. The number of aromatic nitrogens is 2. The van der Waals surface area contributed by atoms with Crippen LogP contribution in [0, 0.1) is 18.6 Å². The quantitative estimate of drug-likeness (QED) is 0.684. The summed E-state index contributed by atoms with van der Waals surface area (Å²) in [5.74, 6) is -2.05. The molecule has 1 aromatic carbocycles. The van der Waals surface area contributed by atoms with E-state index in [1.807, 2.05) is 0 Å². The first kappa shape index (κ1) is 22.2. The van der Waals surface area contributed by atoms with E-state index in [2.05, 4.69) is 20.4 Å². The fourth-order valence-electron chi connectivity index (χ4n) is 3.38. The van der Waals surface area contributed by atoms with Crippen LogP contribution in [0.1, 0.15) is 34.0 Å². The molecule has 11 heteroatoms. The molecular formula is C21H22F2N4O5. The number of nitrogens with one attached hydrogen (secondary N) is 1. The maximum atomic E-state index is 13.3. The third kappa shape index (κ3) is 5.06. The lowest BCUT2D eigenvalue weighted by Gasteiger charge is -2.30. The lowest BCUT2D eigenvalue weighted by atomic mass is 10.0. The molecule has 1 unspecified atom stereocenters. The molecule has 2 aromatic rings. The fourth-order valence-corrected chi connectivity index (χ4v) is 3.38. The first-order chi connectivity index (χ1) is 15.4. The predicted octanol–water partition coefficient (Wildman–Crippen LogP) is 1.26. The number of hydrogen-bond donors (Lipinski definition) is 2. The molecule has 32 heavy (non-hydrogen) atoms. The second-order valence-electron chi connectivity index (χ2n) is 7.51. The van der Waals surface area contributed by atoms with Crippen LogP contribution in [0.15, 0.2) is 29.4 Å². The smallest absolute Gasteiger partial charge is 0.270 e. The van der Waals surface area contributed by atoms with Crippen molar-refractivity contribution in [1.82, 2.24) is 15.3 Å². The van der Waals surface area contributed by atoms with E-state index in [0.29, 0.717) is 29.2 Å². The molecular weight excluding hydrogens is 426 g/mol. The Morgan fingerprint density at radius 2 is 2.00 bits per heavy atom. The number of aliphatic hydroxyl groups is 1. The summed E-state index contributed by atoms with van der Waals surface area (Å²) in [5.41, 5.74) is 1.52. The molecule has 2 aliphatic heterocycles. The van der Waals surface area contributed by atoms with Gasteiger partial charge in [0.15, 0.2) is 17.7 Å². The van der Waals surface area contributed by atoms with Crippen LogP contribution in [0.25, 0.3) is 0 Å². The molecule has 2 aliphatic rings. The van der Waals surface area contributed by atoms with Crippen molar-refractivity contribution < 1.29 is 33.0 Å². The molecule has 1 aromatic heterocycles. The van der Waals surface area contributed by atoms with Gasteiger partial charge < -0.3 is 24.7 Å². The second kappa shape index (κ2) is 9.63. The Balaban J connectivity index is 1.39. The zero-order chi connectivity index (χ0) is 22.7. The number of carbonyl (C=O) groups is 1. The molecule has 170 valence electrons. The standard InChI is InChI=1S/C21H22F2N4O5/c1-11-25-16(17-6-19(32-27-17)20-10-30-13(8-28)9-31-20)5-18(26-11)21(29)24-7-12-2-3-14(22)15(23)4-12/h2-5,13,19-20,28H,6-10H2,1H3,(H,24,29)/t13-,19?,20-/m1/s1. The van der Waals surface area contributed by atoms with Crippen molar-refractivity contribution in [2.45, 2.75) is 38.2 Å². The predicted molar refractivity (Wildman–Crippen MR) is 107 cm³/mol. The van der Waals surface area contributed by atoms with Crippen LogP contribution in [-0.4, -0.2) is 64.8 Å². The Kier molecular flexibility index (Phi) is 6.68. The third-order valence-electron chi connectivity index (χ3n) is 5.11. The SMILES string of the molecule is Cc1nc(C(=O)NCc2ccc(F)c(F)c2)cc(C2=NOC([C@H]3CO[C@H](CO)CO3)C2)n1. The van der Waals surface area contributed by atoms with Gasteiger partial charge >= 0.3 is 0 Å². The number of aryl methyl sites for hydroxylation is 1. The highest BCUT2D eigenvalue weighted by molar-refractivity contribution is 6.02. The Hall–Kier alpha value is -3.02. The first-order valence-electron chi connectivity index (χ1n) is 10.1. The molecule has 9 nitrogen and oxygen atoms in total. The van der Waals surface area contributed by atoms with E-state index >= 15 is 0 Å². The minimum Gasteiger partial charge on any atom is -0.394 e. The molecule has 0 radical (unpaired) electrons. The minimum absolute atomic E-state index is 0.00834. The van der Waals surface area contributed by atoms with Crippen molar-refractivity contribution in [3.8, 4) is 0 Å². The van der Waals surface area contributed by atoms with Gasteiger partial charge in [-0.05, 0) is 30.7 Å². The molecule has 3 heterocycles. The highest BCUT2D eigenvalue weighted by atomic mass is 19.2. The lowest BCUT2D eigenvalue weighted by Crippen LogP contribution is -2.43. The highest BCUT2D eigenvalue weighted by Gasteiger charge is 2.35. The third-order valence-corrected chi connectivity index (χ3v) is 5.11.